The van der Waals surface area contributed by atoms with Gasteiger partial charge in [-0.3, -0.25) is 0 Å². The summed E-state index contributed by atoms with van der Waals surface area (Å²) in [5.74, 6) is 0.719. The Morgan fingerprint density at radius 1 is 1.67 bits per heavy atom. The second kappa shape index (κ2) is 3.18. The predicted octanol–water partition coefficient (Wildman–Crippen LogP) is 0.794. The van der Waals surface area contributed by atoms with E-state index in [1.54, 1.807) is 0 Å². The molecule has 0 aromatic rings. The number of aliphatic hydroxyl groups excluding tert-OH is 1. The van der Waals surface area contributed by atoms with E-state index in [1.165, 1.54) is 0 Å². The Hall–Kier alpha value is -0.0800. The molecule has 1 heterocycles. The van der Waals surface area contributed by atoms with Gasteiger partial charge in [-0.15, -0.1) is 0 Å². The molecule has 1 saturated heterocycles. The van der Waals surface area contributed by atoms with Crippen molar-refractivity contribution in [2.45, 2.75) is 25.9 Å². The number of hydrogen-bond donors (Lipinski definition) is 1. The van der Waals surface area contributed by atoms with Crippen molar-refractivity contribution >= 4 is 0 Å². The van der Waals surface area contributed by atoms with Crippen LogP contribution in [0.5, 0.6) is 0 Å². The highest BCUT2D eigenvalue weighted by atomic mass is 16.5. The summed E-state index contributed by atoms with van der Waals surface area (Å²) in [4.78, 5) is 0. The van der Waals surface area contributed by atoms with Gasteiger partial charge in [-0.1, -0.05) is 6.92 Å². The van der Waals surface area contributed by atoms with E-state index < -0.39 is 0 Å². The van der Waals surface area contributed by atoms with Crippen molar-refractivity contribution < 1.29 is 9.84 Å². The molecule has 2 atom stereocenters. The highest BCUT2D eigenvalue weighted by Gasteiger charge is 2.26. The Morgan fingerprint density at radius 3 is 2.78 bits per heavy atom. The van der Waals surface area contributed by atoms with Gasteiger partial charge in [0.2, 0.25) is 0 Å². The Labute approximate surface area is 55.8 Å². The molecule has 0 radical (unpaired) electrons. The molecule has 2 heteroatoms. The Balaban J connectivity index is 1.99. The van der Waals surface area contributed by atoms with Crippen molar-refractivity contribution in [2.24, 2.45) is 5.92 Å². The topological polar surface area (TPSA) is 29.5 Å². The molecule has 0 aromatic heterocycles. The minimum absolute atomic E-state index is 0.298. The fraction of sp³-hybridized carbons (Fsp3) is 1.00. The maximum Gasteiger partial charge on any atom is 0.0623 e. The van der Waals surface area contributed by atoms with Crippen LogP contribution in [0.15, 0.2) is 0 Å². The molecule has 0 spiro atoms. The minimum atomic E-state index is 0.298. The fourth-order valence-electron chi connectivity index (χ4n) is 1.09. The van der Waals surface area contributed by atoms with Gasteiger partial charge in [0.1, 0.15) is 0 Å². The van der Waals surface area contributed by atoms with Gasteiger partial charge in [-0.05, 0) is 12.8 Å². The van der Waals surface area contributed by atoms with Crippen molar-refractivity contribution in [3.05, 3.63) is 0 Å². The van der Waals surface area contributed by atoms with Crippen LogP contribution >= 0.6 is 0 Å². The number of rotatable bonds is 3. The first kappa shape index (κ1) is 7.03. The summed E-state index contributed by atoms with van der Waals surface area (Å²) in [5, 5.41) is 8.47. The van der Waals surface area contributed by atoms with E-state index >= 15 is 0 Å². The summed E-state index contributed by atoms with van der Waals surface area (Å²) in [6, 6.07) is 0. The van der Waals surface area contributed by atoms with Crippen molar-refractivity contribution in [3.8, 4) is 0 Å². The smallest absolute Gasteiger partial charge is 0.0623 e. The molecule has 1 aliphatic rings. The molecular formula is C7H14O2. The number of aliphatic hydroxyl groups is 1. The van der Waals surface area contributed by atoms with Crippen LogP contribution in [0, 0.1) is 5.92 Å². The highest BCUT2D eigenvalue weighted by Crippen LogP contribution is 2.23. The average molecular weight is 130 g/mol. The summed E-state index contributed by atoms with van der Waals surface area (Å²) in [6.07, 6.45) is 2.35. The van der Waals surface area contributed by atoms with Crippen LogP contribution < -0.4 is 0 Å². The maximum atomic E-state index is 8.47. The molecule has 0 bridgehead atoms. The van der Waals surface area contributed by atoms with Crippen LogP contribution in [-0.2, 0) is 4.74 Å². The highest BCUT2D eigenvalue weighted by molar-refractivity contribution is 4.74. The van der Waals surface area contributed by atoms with Gasteiger partial charge in [0.25, 0.3) is 0 Å². The van der Waals surface area contributed by atoms with Gasteiger partial charge < -0.3 is 9.84 Å². The third-order valence-electron chi connectivity index (χ3n) is 1.85. The molecule has 1 fully saturated rings. The van der Waals surface area contributed by atoms with Gasteiger partial charge >= 0.3 is 0 Å². The van der Waals surface area contributed by atoms with Gasteiger partial charge in [0.15, 0.2) is 0 Å². The molecule has 2 nitrogen and oxygen atoms in total. The summed E-state index contributed by atoms with van der Waals surface area (Å²) in [7, 11) is 0. The van der Waals surface area contributed by atoms with Crippen LogP contribution in [0.2, 0.25) is 0 Å². The molecule has 9 heavy (non-hydrogen) atoms. The largest absolute Gasteiger partial charge is 0.396 e. The van der Waals surface area contributed by atoms with Crippen LogP contribution in [0.25, 0.3) is 0 Å². The maximum absolute atomic E-state index is 8.47. The van der Waals surface area contributed by atoms with Gasteiger partial charge in [0, 0.05) is 12.5 Å². The lowest BCUT2D eigenvalue weighted by atomic mass is 9.96. The van der Waals surface area contributed by atoms with Gasteiger partial charge in [-0.25, -0.2) is 0 Å². The lowest BCUT2D eigenvalue weighted by Crippen LogP contribution is -2.37. The Kier molecular flexibility index (Phi) is 2.49. The molecule has 2 unspecified atom stereocenters. The normalized spacial score (nSPS) is 34.0. The van der Waals surface area contributed by atoms with E-state index in [0.29, 0.717) is 12.7 Å². The Bertz CT molecular complexity index is 83.0. The van der Waals surface area contributed by atoms with E-state index in [9.17, 15) is 0 Å². The van der Waals surface area contributed by atoms with Gasteiger partial charge in [-0.2, -0.15) is 0 Å². The first-order valence-corrected chi connectivity index (χ1v) is 3.57. The fourth-order valence-corrected chi connectivity index (χ4v) is 1.09. The number of hydrogen-bond acceptors (Lipinski definition) is 2. The summed E-state index contributed by atoms with van der Waals surface area (Å²) in [6.45, 7) is 3.40. The lowest BCUT2D eigenvalue weighted by Gasteiger charge is -2.34. The molecule has 0 saturated carbocycles. The zero-order valence-electron chi connectivity index (χ0n) is 5.84. The van der Waals surface area contributed by atoms with Crippen LogP contribution in [0.1, 0.15) is 19.8 Å². The van der Waals surface area contributed by atoms with Crippen LogP contribution in [0.4, 0.5) is 0 Å². The van der Waals surface area contributed by atoms with Crippen LogP contribution in [-0.4, -0.2) is 24.4 Å². The quantitative estimate of drug-likeness (QED) is 0.612. The van der Waals surface area contributed by atoms with Crippen molar-refractivity contribution in [1.82, 2.24) is 0 Å². The first-order chi connectivity index (χ1) is 4.34. The van der Waals surface area contributed by atoms with E-state index in [1.807, 2.05) is 0 Å². The molecule has 1 rings (SSSR count). The molecule has 1 N–H and O–H groups in total. The van der Waals surface area contributed by atoms with Crippen molar-refractivity contribution in [3.63, 3.8) is 0 Å². The SMILES string of the molecule is CC1COC1CCCO. The van der Waals surface area contributed by atoms with Crippen molar-refractivity contribution in [1.29, 1.82) is 0 Å². The molecule has 0 amide bonds. The molecule has 54 valence electrons. The van der Waals surface area contributed by atoms with E-state index in [0.717, 1.165) is 25.4 Å². The van der Waals surface area contributed by atoms with Crippen LogP contribution in [0.3, 0.4) is 0 Å². The number of ether oxygens (including phenoxy) is 1. The molecule has 1 aliphatic heterocycles. The third-order valence-corrected chi connectivity index (χ3v) is 1.85. The molecular weight excluding hydrogens is 116 g/mol. The summed E-state index contributed by atoms with van der Waals surface area (Å²) in [5.41, 5.74) is 0. The second-order valence-corrected chi connectivity index (χ2v) is 2.71. The minimum Gasteiger partial charge on any atom is -0.396 e. The summed E-state index contributed by atoms with van der Waals surface area (Å²) >= 11 is 0. The zero-order chi connectivity index (χ0) is 6.69. The Morgan fingerprint density at radius 2 is 2.44 bits per heavy atom. The van der Waals surface area contributed by atoms with E-state index in [4.69, 9.17) is 9.84 Å². The van der Waals surface area contributed by atoms with Crippen molar-refractivity contribution in [2.75, 3.05) is 13.2 Å². The lowest BCUT2D eigenvalue weighted by molar-refractivity contribution is -0.111. The standard InChI is InChI=1S/C7H14O2/c1-6-5-9-7(6)3-2-4-8/h6-8H,2-5H2,1H3. The molecule has 0 aliphatic carbocycles. The second-order valence-electron chi connectivity index (χ2n) is 2.71. The van der Waals surface area contributed by atoms with Gasteiger partial charge in [0.05, 0.1) is 12.7 Å². The predicted molar refractivity (Wildman–Crippen MR) is 35.2 cm³/mol. The van der Waals surface area contributed by atoms with E-state index in [2.05, 4.69) is 6.92 Å². The average Bonchev–Trinajstić information content (AvgIpc) is 1.86. The molecule has 0 aromatic carbocycles. The first-order valence-electron chi connectivity index (χ1n) is 3.57. The monoisotopic (exact) mass is 130 g/mol. The zero-order valence-corrected chi connectivity index (χ0v) is 5.84. The third kappa shape index (κ3) is 1.66. The van der Waals surface area contributed by atoms with E-state index in [-0.39, 0.29) is 0 Å². The summed E-state index contributed by atoms with van der Waals surface area (Å²) < 4.78 is 5.23.